The third-order valence-corrected chi connectivity index (χ3v) is 5.94. The maximum atomic E-state index is 12.3. The number of H-pyrrole nitrogens is 1. The van der Waals surface area contributed by atoms with Crippen LogP contribution in [0.3, 0.4) is 0 Å². The van der Waals surface area contributed by atoms with Crippen LogP contribution in [0.25, 0.3) is 22.0 Å². The molecule has 0 saturated carbocycles. The number of benzene rings is 2. The highest BCUT2D eigenvalue weighted by molar-refractivity contribution is 7.99. The lowest BCUT2D eigenvalue weighted by Crippen LogP contribution is -2.37. The van der Waals surface area contributed by atoms with Gasteiger partial charge >= 0.3 is 0 Å². The van der Waals surface area contributed by atoms with Gasteiger partial charge in [-0.2, -0.15) is 16.9 Å². The lowest BCUT2D eigenvalue weighted by molar-refractivity contribution is -0.113. The van der Waals surface area contributed by atoms with Crippen molar-refractivity contribution in [3.8, 4) is 11.3 Å². The summed E-state index contributed by atoms with van der Waals surface area (Å²) in [7, 11) is 0. The second-order valence-corrected chi connectivity index (χ2v) is 8.19. The zero-order valence-electron chi connectivity index (χ0n) is 16.6. The Hall–Kier alpha value is -2.68. The van der Waals surface area contributed by atoms with Gasteiger partial charge in [-0.05, 0) is 18.2 Å². The molecule has 0 aliphatic carbocycles. The first-order valence-corrected chi connectivity index (χ1v) is 11.1. The van der Waals surface area contributed by atoms with Gasteiger partial charge in [-0.3, -0.25) is 14.5 Å². The molecule has 0 radical (unpaired) electrons. The van der Waals surface area contributed by atoms with Crippen molar-refractivity contribution >= 4 is 34.1 Å². The third-order valence-electron chi connectivity index (χ3n) is 5.00. The van der Waals surface area contributed by atoms with Crippen LogP contribution in [0.4, 0.5) is 5.69 Å². The predicted molar refractivity (Wildman–Crippen MR) is 121 cm³/mol. The second kappa shape index (κ2) is 9.88. The highest BCUT2D eigenvalue weighted by Crippen LogP contribution is 2.26. The molecule has 2 aromatic carbocycles. The third kappa shape index (κ3) is 5.08. The first kappa shape index (κ1) is 20.6. The summed E-state index contributed by atoms with van der Waals surface area (Å²) in [6, 6.07) is 14.9. The van der Waals surface area contributed by atoms with Gasteiger partial charge in [0.25, 0.3) is 5.56 Å². The number of carbonyl (C=O) groups excluding carboxylic acids is 1. The number of rotatable bonds is 7. The Bertz CT molecular complexity index is 1080. The average Bonchev–Trinajstić information content (AvgIpc) is 2.78. The average molecular weight is 425 g/mol. The van der Waals surface area contributed by atoms with Gasteiger partial charge in [-0.1, -0.05) is 30.3 Å². The Labute approximate surface area is 178 Å². The fourth-order valence-electron chi connectivity index (χ4n) is 3.46. The molecule has 0 atom stereocenters. The summed E-state index contributed by atoms with van der Waals surface area (Å²) in [5.74, 6) is 1.30. The molecule has 7 nitrogen and oxygen atoms in total. The Morgan fingerprint density at radius 2 is 1.93 bits per heavy atom. The Kier molecular flexibility index (Phi) is 6.78. The number of fused-ring (bicyclic) bond motifs is 1. The van der Waals surface area contributed by atoms with Gasteiger partial charge in [0.1, 0.15) is 0 Å². The molecule has 156 valence electrons. The molecule has 8 heteroatoms. The first-order valence-electron chi connectivity index (χ1n) is 9.96. The minimum absolute atomic E-state index is 0.0292. The van der Waals surface area contributed by atoms with Crippen LogP contribution in [0.15, 0.2) is 53.3 Å². The molecule has 2 N–H and O–H groups in total. The molecule has 2 heterocycles. The topological polar surface area (TPSA) is 87.3 Å². The number of nitrogens with zero attached hydrogens (tertiary/aromatic N) is 2. The van der Waals surface area contributed by atoms with Crippen molar-refractivity contribution in [1.82, 2.24) is 15.1 Å². The van der Waals surface area contributed by atoms with Gasteiger partial charge in [0.05, 0.1) is 30.0 Å². The summed E-state index contributed by atoms with van der Waals surface area (Å²) in [5.41, 5.74) is 2.01. The van der Waals surface area contributed by atoms with Gasteiger partial charge in [-0.15, -0.1) is 0 Å². The zero-order valence-corrected chi connectivity index (χ0v) is 17.4. The normalized spacial score (nSPS) is 14.7. The summed E-state index contributed by atoms with van der Waals surface area (Å²) in [6.07, 6.45) is 0. The van der Waals surface area contributed by atoms with Crippen LogP contribution in [0.2, 0.25) is 0 Å². The Morgan fingerprint density at radius 1 is 1.13 bits per heavy atom. The van der Waals surface area contributed by atoms with Crippen molar-refractivity contribution in [2.75, 3.05) is 49.7 Å². The smallest absolute Gasteiger partial charge is 0.272 e. The van der Waals surface area contributed by atoms with E-state index in [1.165, 1.54) is 0 Å². The number of ether oxygens (including phenoxy) is 1. The maximum Gasteiger partial charge on any atom is 0.272 e. The molecule has 30 heavy (non-hydrogen) atoms. The van der Waals surface area contributed by atoms with Crippen molar-refractivity contribution in [1.29, 1.82) is 0 Å². The zero-order chi connectivity index (χ0) is 20.8. The molecule has 4 rings (SSSR count). The lowest BCUT2D eigenvalue weighted by Gasteiger charge is -2.26. The van der Waals surface area contributed by atoms with Gasteiger partial charge in [0.2, 0.25) is 5.91 Å². The van der Waals surface area contributed by atoms with E-state index >= 15 is 0 Å². The van der Waals surface area contributed by atoms with Gasteiger partial charge in [-0.25, -0.2) is 5.10 Å². The molecule has 3 aromatic rings. The molecule has 0 bridgehead atoms. The van der Waals surface area contributed by atoms with Crippen LogP contribution in [0, 0.1) is 0 Å². The van der Waals surface area contributed by atoms with Crippen LogP contribution in [-0.2, 0) is 9.53 Å². The number of aromatic nitrogens is 2. The summed E-state index contributed by atoms with van der Waals surface area (Å²) in [6.45, 7) is 4.49. The van der Waals surface area contributed by atoms with Crippen LogP contribution in [-0.4, -0.2) is 65.4 Å². The van der Waals surface area contributed by atoms with Crippen LogP contribution >= 0.6 is 11.8 Å². The van der Waals surface area contributed by atoms with Gasteiger partial charge < -0.3 is 10.1 Å². The number of aromatic amines is 1. The molecule has 1 amide bonds. The molecule has 1 saturated heterocycles. The molecule has 1 fully saturated rings. The van der Waals surface area contributed by atoms with Crippen molar-refractivity contribution < 1.29 is 9.53 Å². The van der Waals surface area contributed by atoms with Crippen molar-refractivity contribution in [3.63, 3.8) is 0 Å². The number of carbonyl (C=O) groups is 1. The standard InChI is InChI=1S/C22H24N4O3S/c27-20(15-30-13-10-26-8-11-29-12-9-26)23-17-5-3-4-16(14-17)21-18-6-1-2-7-19(18)22(28)25-24-21/h1-7,14H,8-13,15H2,(H,23,27)(H,25,28). The van der Waals surface area contributed by atoms with Crippen molar-refractivity contribution in [3.05, 3.63) is 58.9 Å². The summed E-state index contributed by atoms with van der Waals surface area (Å²) < 4.78 is 5.35. The quantitative estimate of drug-likeness (QED) is 0.567. The van der Waals surface area contributed by atoms with E-state index < -0.39 is 0 Å². The highest BCUT2D eigenvalue weighted by Gasteiger charge is 2.11. The van der Waals surface area contributed by atoms with Crippen LogP contribution in [0.1, 0.15) is 0 Å². The predicted octanol–water partition coefficient (Wildman–Crippen LogP) is 2.59. The maximum absolute atomic E-state index is 12.3. The number of anilines is 1. The fourth-order valence-corrected chi connectivity index (χ4v) is 4.25. The SMILES string of the molecule is O=C(CSCCN1CCOCC1)Nc1cccc(-c2n[nH]c(=O)c3ccccc23)c1. The first-order chi connectivity index (χ1) is 14.7. The number of hydrogen-bond acceptors (Lipinski definition) is 6. The number of nitrogens with one attached hydrogen (secondary N) is 2. The number of amides is 1. The molecule has 0 spiro atoms. The Morgan fingerprint density at radius 3 is 2.77 bits per heavy atom. The number of hydrogen-bond donors (Lipinski definition) is 2. The second-order valence-electron chi connectivity index (χ2n) is 7.08. The molecule has 1 aliphatic rings. The summed E-state index contributed by atoms with van der Waals surface area (Å²) in [5, 5.41) is 11.1. The number of thioether (sulfide) groups is 1. The minimum atomic E-state index is -0.215. The van der Waals surface area contributed by atoms with Crippen molar-refractivity contribution in [2.24, 2.45) is 0 Å². The van der Waals surface area contributed by atoms with E-state index in [0.29, 0.717) is 22.5 Å². The molecular formula is C22H24N4O3S. The fraction of sp³-hybridized carbons (Fsp3) is 0.318. The summed E-state index contributed by atoms with van der Waals surface area (Å²) >= 11 is 1.63. The van der Waals surface area contributed by atoms with E-state index in [0.717, 1.165) is 49.6 Å². The van der Waals surface area contributed by atoms with Crippen LogP contribution < -0.4 is 10.9 Å². The molecule has 1 aromatic heterocycles. The monoisotopic (exact) mass is 424 g/mol. The van der Waals surface area contributed by atoms with E-state index in [-0.39, 0.29) is 11.5 Å². The lowest BCUT2D eigenvalue weighted by atomic mass is 10.0. The molecular weight excluding hydrogens is 400 g/mol. The van der Waals surface area contributed by atoms with E-state index in [4.69, 9.17) is 4.74 Å². The van der Waals surface area contributed by atoms with Crippen molar-refractivity contribution in [2.45, 2.75) is 0 Å². The Balaban J connectivity index is 1.37. The largest absolute Gasteiger partial charge is 0.379 e. The van der Waals surface area contributed by atoms with Gasteiger partial charge in [0, 0.05) is 42.0 Å². The van der Waals surface area contributed by atoms with Gasteiger partial charge in [0.15, 0.2) is 0 Å². The minimum Gasteiger partial charge on any atom is -0.379 e. The summed E-state index contributed by atoms with van der Waals surface area (Å²) in [4.78, 5) is 26.7. The molecule has 0 unspecified atom stereocenters. The van der Waals surface area contributed by atoms with E-state index in [1.54, 1.807) is 17.8 Å². The highest BCUT2D eigenvalue weighted by atomic mass is 32.2. The van der Waals surface area contributed by atoms with Crippen LogP contribution in [0.5, 0.6) is 0 Å². The van der Waals surface area contributed by atoms with E-state index in [1.807, 2.05) is 42.5 Å². The number of morpholine rings is 1. The molecule has 1 aliphatic heterocycles. The van der Waals surface area contributed by atoms with E-state index in [9.17, 15) is 9.59 Å². The van der Waals surface area contributed by atoms with E-state index in [2.05, 4.69) is 20.4 Å².